The molecule has 0 aliphatic rings. The molecule has 0 fully saturated rings. The Morgan fingerprint density at radius 3 is 2.30 bits per heavy atom. The molecule has 0 heterocycles. The van der Waals surface area contributed by atoms with Gasteiger partial charge in [-0.15, -0.1) is 0 Å². The molecule has 0 aliphatic carbocycles. The number of aliphatic hydroxyl groups is 1. The van der Waals surface area contributed by atoms with Gasteiger partial charge in [0.1, 0.15) is 11.4 Å². The monoisotopic (exact) mass is 344 g/mol. The molecule has 0 unspecified atom stereocenters. The molecule has 1 aromatic rings. The highest BCUT2D eigenvalue weighted by atomic mass is 32.2. The predicted octanol–water partition coefficient (Wildman–Crippen LogP) is 3.51. The quantitative estimate of drug-likeness (QED) is 0.491. The summed E-state index contributed by atoms with van der Waals surface area (Å²) in [6.07, 6.45) is 4.39. The molecule has 23 heavy (non-hydrogen) atoms. The Morgan fingerprint density at radius 2 is 1.74 bits per heavy atom. The van der Waals surface area contributed by atoms with E-state index < -0.39 is 15.7 Å². The Balaban J connectivity index is 2.61. The van der Waals surface area contributed by atoms with Crippen LogP contribution in [-0.4, -0.2) is 32.3 Å². The van der Waals surface area contributed by atoms with Gasteiger partial charge in [-0.1, -0.05) is 26.2 Å². The summed E-state index contributed by atoms with van der Waals surface area (Å²) in [7, 11) is -3.71. The number of aliphatic hydroxyl groups excluding tert-OH is 1. The maximum Gasteiger partial charge on any atom is 0.296 e. The van der Waals surface area contributed by atoms with Gasteiger partial charge in [0, 0.05) is 13.0 Å². The van der Waals surface area contributed by atoms with Gasteiger partial charge >= 0.3 is 0 Å². The molecule has 0 spiro atoms. The van der Waals surface area contributed by atoms with Gasteiger partial charge in [-0.3, -0.25) is 4.18 Å². The first-order valence-corrected chi connectivity index (χ1v) is 9.51. The van der Waals surface area contributed by atoms with Crippen molar-refractivity contribution < 1.29 is 22.4 Å². The molecule has 0 amide bonds. The van der Waals surface area contributed by atoms with Crippen LogP contribution >= 0.6 is 0 Å². The van der Waals surface area contributed by atoms with Gasteiger partial charge in [0.25, 0.3) is 10.1 Å². The molecule has 0 saturated heterocycles. The molecule has 132 valence electrons. The summed E-state index contributed by atoms with van der Waals surface area (Å²) < 4.78 is 34.9. The predicted molar refractivity (Wildman–Crippen MR) is 90.1 cm³/mol. The standard InChI is InChI=1S/C17H28O5S/c1-4-5-6-7-14-21-23(19,20)16-10-8-15(9-11-16)22-17(2,3)12-13-18/h8-11,18H,4-7,12-14H2,1-3H3. The van der Waals surface area contributed by atoms with Crippen molar-refractivity contribution in [1.82, 2.24) is 0 Å². The summed E-state index contributed by atoms with van der Waals surface area (Å²) in [5.74, 6) is 0.561. The van der Waals surface area contributed by atoms with E-state index in [1.54, 1.807) is 12.1 Å². The van der Waals surface area contributed by atoms with Crippen LogP contribution in [0.15, 0.2) is 29.2 Å². The highest BCUT2D eigenvalue weighted by molar-refractivity contribution is 7.86. The number of hydrogen-bond donors (Lipinski definition) is 1. The second-order valence-corrected chi connectivity index (χ2v) is 7.76. The van der Waals surface area contributed by atoms with Crippen LogP contribution in [0.5, 0.6) is 5.75 Å². The van der Waals surface area contributed by atoms with E-state index in [0.29, 0.717) is 12.2 Å². The molecule has 6 heteroatoms. The summed E-state index contributed by atoms with van der Waals surface area (Å²) in [6.45, 7) is 6.08. The zero-order chi connectivity index (χ0) is 17.3. The lowest BCUT2D eigenvalue weighted by Crippen LogP contribution is -2.29. The van der Waals surface area contributed by atoms with E-state index in [1.807, 2.05) is 13.8 Å². The minimum Gasteiger partial charge on any atom is -0.488 e. The first kappa shape index (κ1) is 19.9. The fourth-order valence-electron chi connectivity index (χ4n) is 2.08. The van der Waals surface area contributed by atoms with Gasteiger partial charge in [0.05, 0.1) is 11.5 Å². The Labute approximate surface area is 139 Å². The average molecular weight is 344 g/mol. The zero-order valence-corrected chi connectivity index (χ0v) is 15.1. The van der Waals surface area contributed by atoms with Crippen LogP contribution in [0.25, 0.3) is 0 Å². The van der Waals surface area contributed by atoms with Gasteiger partial charge in [0.15, 0.2) is 0 Å². The van der Waals surface area contributed by atoms with Crippen molar-refractivity contribution >= 4 is 10.1 Å². The SMILES string of the molecule is CCCCCCOS(=O)(=O)c1ccc(OC(C)(C)CCO)cc1. The van der Waals surface area contributed by atoms with Crippen molar-refractivity contribution in [3.63, 3.8) is 0 Å². The topological polar surface area (TPSA) is 72.8 Å². The maximum absolute atomic E-state index is 12.1. The van der Waals surface area contributed by atoms with E-state index in [0.717, 1.165) is 25.7 Å². The van der Waals surface area contributed by atoms with Crippen molar-refractivity contribution in [2.45, 2.75) is 63.4 Å². The fourth-order valence-corrected chi connectivity index (χ4v) is 3.02. The van der Waals surface area contributed by atoms with Crippen LogP contribution in [0.1, 0.15) is 52.9 Å². The lowest BCUT2D eigenvalue weighted by Gasteiger charge is -2.25. The van der Waals surface area contributed by atoms with E-state index in [-0.39, 0.29) is 18.1 Å². The van der Waals surface area contributed by atoms with Crippen LogP contribution in [0.4, 0.5) is 0 Å². The fraction of sp³-hybridized carbons (Fsp3) is 0.647. The highest BCUT2D eigenvalue weighted by Crippen LogP contribution is 2.23. The highest BCUT2D eigenvalue weighted by Gasteiger charge is 2.20. The van der Waals surface area contributed by atoms with Crippen molar-refractivity contribution in [1.29, 1.82) is 0 Å². The van der Waals surface area contributed by atoms with E-state index in [9.17, 15) is 8.42 Å². The van der Waals surface area contributed by atoms with Gasteiger partial charge in [-0.2, -0.15) is 8.42 Å². The summed E-state index contributed by atoms with van der Waals surface area (Å²) >= 11 is 0. The number of rotatable bonds is 11. The molecule has 1 N–H and O–H groups in total. The number of ether oxygens (including phenoxy) is 1. The molecular formula is C17H28O5S. The molecule has 0 saturated carbocycles. The number of unbranched alkanes of at least 4 members (excludes halogenated alkanes) is 3. The van der Waals surface area contributed by atoms with Gasteiger partial charge in [0.2, 0.25) is 0 Å². The summed E-state index contributed by atoms with van der Waals surface area (Å²) in [5, 5.41) is 8.99. The molecule has 1 aromatic carbocycles. The molecule has 0 bridgehead atoms. The zero-order valence-electron chi connectivity index (χ0n) is 14.2. The average Bonchev–Trinajstić information content (AvgIpc) is 2.47. The Kier molecular flexibility index (Phi) is 8.02. The van der Waals surface area contributed by atoms with E-state index in [4.69, 9.17) is 14.0 Å². The van der Waals surface area contributed by atoms with Crippen LogP contribution < -0.4 is 4.74 Å². The molecule has 1 rings (SSSR count). The number of hydrogen-bond acceptors (Lipinski definition) is 5. The van der Waals surface area contributed by atoms with E-state index >= 15 is 0 Å². The Bertz CT molecular complexity index is 549. The molecule has 0 aliphatic heterocycles. The third kappa shape index (κ3) is 7.33. The molecule has 5 nitrogen and oxygen atoms in total. The number of benzene rings is 1. The largest absolute Gasteiger partial charge is 0.488 e. The van der Waals surface area contributed by atoms with Gasteiger partial charge in [-0.05, 0) is 44.5 Å². The summed E-state index contributed by atoms with van der Waals surface area (Å²) in [6, 6.07) is 6.16. The second kappa shape index (κ2) is 9.25. The van der Waals surface area contributed by atoms with Crippen molar-refractivity contribution in [2.24, 2.45) is 0 Å². The van der Waals surface area contributed by atoms with Gasteiger partial charge < -0.3 is 9.84 Å². The summed E-state index contributed by atoms with van der Waals surface area (Å²) in [4.78, 5) is 0.125. The van der Waals surface area contributed by atoms with Crippen LogP contribution in [0, 0.1) is 0 Å². The summed E-state index contributed by atoms with van der Waals surface area (Å²) in [5.41, 5.74) is -0.509. The molecular weight excluding hydrogens is 316 g/mol. The minimum absolute atomic E-state index is 0.0331. The van der Waals surface area contributed by atoms with E-state index in [2.05, 4.69) is 6.92 Å². The normalized spacial score (nSPS) is 12.3. The molecule has 0 atom stereocenters. The third-order valence-electron chi connectivity index (χ3n) is 3.46. The Hall–Kier alpha value is -1.11. The Morgan fingerprint density at radius 1 is 1.09 bits per heavy atom. The van der Waals surface area contributed by atoms with Crippen LogP contribution in [0.3, 0.4) is 0 Å². The first-order valence-electron chi connectivity index (χ1n) is 8.10. The smallest absolute Gasteiger partial charge is 0.296 e. The maximum atomic E-state index is 12.1. The van der Waals surface area contributed by atoms with Crippen molar-refractivity contribution in [2.75, 3.05) is 13.2 Å². The van der Waals surface area contributed by atoms with Crippen LogP contribution in [-0.2, 0) is 14.3 Å². The molecule has 0 aromatic heterocycles. The van der Waals surface area contributed by atoms with Gasteiger partial charge in [-0.25, -0.2) is 0 Å². The van der Waals surface area contributed by atoms with Crippen molar-refractivity contribution in [3.05, 3.63) is 24.3 Å². The second-order valence-electron chi connectivity index (χ2n) is 6.14. The van der Waals surface area contributed by atoms with Crippen LogP contribution in [0.2, 0.25) is 0 Å². The van der Waals surface area contributed by atoms with E-state index in [1.165, 1.54) is 12.1 Å². The molecule has 0 radical (unpaired) electrons. The minimum atomic E-state index is -3.71. The van der Waals surface area contributed by atoms with Crippen molar-refractivity contribution in [3.8, 4) is 5.75 Å². The lowest BCUT2D eigenvalue weighted by atomic mass is 10.1. The third-order valence-corrected chi connectivity index (χ3v) is 4.78. The first-order chi connectivity index (χ1) is 10.8. The lowest BCUT2D eigenvalue weighted by molar-refractivity contribution is 0.0764.